The minimum Gasteiger partial charge on any atom is -0.496 e. The Morgan fingerprint density at radius 3 is 2.37 bits per heavy atom. The van der Waals surface area contributed by atoms with Crippen LogP contribution in [0.15, 0.2) is 77.7 Å². The van der Waals surface area contributed by atoms with Crippen LogP contribution in [0, 0.1) is 0 Å². The Labute approximate surface area is 177 Å². The molecule has 3 rings (SSSR count). The highest BCUT2D eigenvalue weighted by molar-refractivity contribution is 7.92. The summed E-state index contributed by atoms with van der Waals surface area (Å²) in [4.78, 5) is 12.8. The number of methoxy groups -OCH3 is 1. The fourth-order valence-corrected chi connectivity index (χ4v) is 4.18. The minimum atomic E-state index is -3.88. The summed E-state index contributed by atoms with van der Waals surface area (Å²) in [5.41, 5.74) is 2.21. The van der Waals surface area contributed by atoms with Gasteiger partial charge in [0.2, 0.25) is 0 Å². The average Bonchev–Trinajstić information content (AvgIpc) is 2.77. The number of sulfonamides is 1. The van der Waals surface area contributed by atoms with Gasteiger partial charge in [0.05, 0.1) is 23.3 Å². The van der Waals surface area contributed by atoms with Crippen molar-refractivity contribution in [1.29, 1.82) is 0 Å². The third-order valence-electron chi connectivity index (χ3n) is 4.65. The number of carbonyl (C=O) groups excluding carboxylic acids is 1. The molecule has 0 bridgehead atoms. The van der Waals surface area contributed by atoms with Crippen molar-refractivity contribution in [3.63, 3.8) is 0 Å². The Bertz CT molecular complexity index is 1130. The van der Waals surface area contributed by atoms with Crippen molar-refractivity contribution in [3.8, 4) is 5.75 Å². The molecule has 3 aromatic rings. The van der Waals surface area contributed by atoms with Gasteiger partial charge in [-0.15, -0.1) is 0 Å². The minimum absolute atomic E-state index is 0.111. The summed E-state index contributed by atoms with van der Waals surface area (Å²) in [5, 5.41) is 2.82. The molecule has 156 valence electrons. The second-order valence-corrected chi connectivity index (χ2v) is 8.33. The molecule has 0 saturated heterocycles. The van der Waals surface area contributed by atoms with E-state index in [1.165, 1.54) is 6.07 Å². The summed E-state index contributed by atoms with van der Waals surface area (Å²) in [6, 6.07) is 20.7. The third-order valence-corrected chi connectivity index (χ3v) is 6.02. The van der Waals surface area contributed by atoms with E-state index in [0.29, 0.717) is 18.7 Å². The van der Waals surface area contributed by atoms with Gasteiger partial charge in [0, 0.05) is 6.54 Å². The van der Waals surface area contributed by atoms with E-state index in [9.17, 15) is 13.2 Å². The number of carbonyl (C=O) groups is 1. The summed E-state index contributed by atoms with van der Waals surface area (Å²) in [5.74, 6) is 0.276. The van der Waals surface area contributed by atoms with Gasteiger partial charge in [-0.1, -0.05) is 49.4 Å². The molecule has 7 heteroatoms. The van der Waals surface area contributed by atoms with Gasteiger partial charge in [-0.25, -0.2) is 8.42 Å². The molecule has 0 atom stereocenters. The van der Waals surface area contributed by atoms with Crippen LogP contribution < -0.4 is 14.8 Å². The zero-order chi connectivity index (χ0) is 21.6. The Kier molecular flexibility index (Phi) is 6.74. The zero-order valence-electron chi connectivity index (χ0n) is 16.9. The van der Waals surface area contributed by atoms with E-state index < -0.39 is 10.0 Å². The van der Waals surface area contributed by atoms with Gasteiger partial charge in [-0.05, 0) is 47.9 Å². The van der Waals surface area contributed by atoms with Crippen molar-refractivity contribution in [3.05, 3.63) is 89.5 Å². The maximum Gasteiger partial charge on any atom is 0.261 e. The molecule has 30 heavy (non-hydrogen) atoms. The summed E-state index contributed by atoms with van der Waals surface area (Å²) >= 11 is 0. The highest BCUT2D eigenvalue weighted by Crippen LogP contribution is 2.25. The molecule has 0 fully saturated rings. The predicted molar refractivity (Wildman–Crippen MR) is 117 cm³/mol. The molecular weight excluding hydrogens is 400 g/mol. The van der Waals surface area contributed by atoms with Gasteiger partial charge < -0.3 is 10.1 Å². The first-order valence-corrected chi connectivity index (χ1v) is 11.0. The second kappa shape index (κ2) is 9.45. The number of anilines is 1. The van der Waals surface area contributed by atoms with Crippen LogP contribution in [0.25, 0.3) is 0 Å². The molecule has 0 aliphatic carbocycles. The van der Waals surface area contributed by atoms with Crippen LogP contribution in [-0.4, -0.2) is 21.4 Å². The highest BCUT2D eigenvalue weighted by atomic mass is 32.2. The molecule has 0 aliphatic heterocycles. The van der Waals surface area contributed by atoms with Crippen LogP contribution in [-0.2, 0) is 23.0 Å². The summed E-state index contributed by atoms with van der Waals surface area (Å²) in [7, 11) is -2.33. The van der Waals surface area contributed by atoms with Crippen LogP contribution in [0.5, 0.6) is 5.75 Å². The molecule has 0 aliphatic rings. The highest BCUT2D eigenvalue weighted by Gasteiger charge is 2.20. The molecular formula is C23H24N2O4S. The smallest absolute Gasteiger partial charge is 0.261 e. The van der Waals surface area contributed by atoms with Crippen LogP contribution >= 0.6 is 0 Å². The first-order valence-electron chi connectivity index (χ1n) is 9.55. The number of hydrogen-bond acceptors (Lipinski definition) is 4. The number of rotatable bonds is 8. The standard InChI is InChI=1S/C23H24N2O4S/c1-3-18-15-19(13-14-22(18)29-2)30(27,28)25-21-12-8-7-11-20(21)23(26)24-16-17-9-5-4-6-10-17/h4-15,25H,3,16H2,1-2H3,(H,24,26). The lowest BCUT2D eigenvalue weighted by Crippen LogP contribution is -2.25. The lowest BCUT2D eigenvalue weighted by Gasteiger charge is -2.14. The number of para-hydroxylation sites is 1. The zero-order valence-corrected chi connectivity index (χ0v) is 17.7. The quantitative estimate of drug-likeness (QED) is 0.573. The Morgan fingerprint density at radius 1 is 0.967 bits per heavy atom. The summed E-state index contributed by atoms with van der Waals surface area (Å²) in [6.07, 6.45) is 0.630. The van der Waals surface area contributed by atoms with Crippen molar-refractivity contribution >= 4 is 21.6 Å². The molecule has 1 amide bonds. The van der Waals surface area contributed by atoms with Crippen molar-refractivity contribution in [2.45, 2.75) is 24.8 Å². The molecule has 0 aromatic heterocycles. The van der Waals surface area contributed by atoms with Crippen LogP contribution in [0.2, 0.25) is 0 Å². The monoisotopic (exact) mass is 424 g/mol. The number of benzene rings is 3. The number of ether oxygens (including phenoxy) is 1. The fraction of sp³-hybridized carbons (Fsp3) is 0.174. The maximum atomic E-state index is 12.9. The summed E-state index contributed by atoms with van der Waals surface area (Å²) < 4.78 is 33.7. The molecule has 0 saturated carbocycles. The van der Waals surface area contributed by atoms with Gasteiger partial charge in [-0.3, -0.25) is 9.52 Å². The van der Waals surface area contributed by atoms with E-state index in [4.69, 9.17) is 4.74 Å². The molecule has 0 spiro atoms. The van der Waals surface area contributed by atoms with Gasteiger partial charge in [0.1, 0.15) is 5.75 Å². The van der Waals surface area contributed by atoms with Crippen molar-refractivity contribution in [1.82, 2.24) is 5.32 Å². The fourth-order valence-electron chi connectivity index (χ4n) is 3.05. The van der Waals surface area contributed by atoms with Gasteiger partial charge in [-0.2, -0.15) is 0 Å². The van der Waals surface area contributed by atoms with E-state index >= 15 is 0 Å². The van der Waals surface area contributed by atoms with Crippen molar-refractivity contribution in [2.75, 3.05) is 11.8 Å². The Morgan fingerprint density at radius 2 is 1.67 bits per heavy atom. The van der Waals surface area contributed by atoms with E-state index in [1.807, 2.05) is 37.3 Å². The van der Waals surface area contributed by atoms with Gasteiger partial charge in [0.25, 0.3) is 15.9 Å². The van der Waals surface area contributed by atoms with E-state index in [-0.39, 0.29) is 22.1 Å². The van der Waals surface area contributed by atoms with Crippen LogP contribution in [0.4, 0.5) is 5.69 Å². The Balaban J connectivity index is 1.82. The van der Waals surface area contributed by atoms with E-state index in [2.05, 4.69) is 10.0 Å². The average molecular weight is 425 g/mol. The van der Waals surface area contributed by atoms with Crippen LogP contribution in [0.3, 0.4) is 0 Å². The lowest BCUT2D eigenvalue weighted by atomic mass is 10.1. The normalized spacial score (nSPS) is 11.0. The first kappa shape index (κ1) is 21.4. The van der Waals surface area contributed by atoms with Crippen LogP contribution in [0.1, 0.15) is 28.4 Å². The number of hydrogen-bond donors (Lipinski definition) is 2. The van der Waals surface area contributed by atoms with Crippen molar-refractivity contribution < 1.29 is 17.9 Å². The summed E-state index contributed by atoms with van der Waals surface area (Å²) in [6.45, 7) is 2.27. The maximum absolute atomic E-state index is 12.9. The topological polar surface area (TPSA) is 84.5 Å². The SMILES string of the molecule is CCc1cc(S(=O)(=O)Nc2ccccc2C(=O)NCc2ccccc2)ccc1OC. The van der Waals surface area contributed by atoms with E-state index in [1.54, 1.807) is 43.5 Å². The van der Waals surface area contributed by atoms with Gasteiger partial charge >= 0.3 is 0 Å². The third kappa shape index (κ3) is 4.99. The molecule has 3 aromatic carbocycles. The number of aryl methyl sites for hydroxylation is 1. The van der Waals surface area contributed by atoms with E-state index in [0.717, 1.165) is 11.1 Å². The number of nitrogens with one attached hydrogen (secondary N) is 2. The second-order valence-electron chi connectivity index (χ2n) is 6.65. The molecule has 0 heterocycles. The molecule has 2 N–H and O–H groups in total. The molecule has 0 unspecified atom stereocenters. The lowest BCUT2D eigenvalue weighted by molar-refractivity contribution is 0.0952. The molecule has 0 radical (unpaired) electrons. The van der Waals surface area contributed by atoms with Gasteiger partial charge in [0.15, 0.2) is 0 Å². The Hall–Kier alpha value is -3.32. The number of amides is 1. The largest absolute Gasteiger partial charge is 0.496 e. The van der Waals surface area contributed by atoms with Crippen molar-refractivity contribution in [2.24, 2.45) is 0 Å². The molecule has 6 nitrogen and oxygen atoms in total. The predicted octanol–water partition coefficient (Wildman–Crippen LogP) is 3.99. The first-order chi connectivity index (χ1) is 14.4.